The highest BCUT2D eigenvalue weighted by Gasteiger charge is 2.26. The van der Waals surface area contributed by atoms with E-state index >= 15 is 0 Å². The molecule has 27 heavy (non-hydrogen) atoms. The lowest BCUT2D eigenvalue weighted by Gasteiger charge is -2.32. The minimum absolute atomic E-state index is 0.00693. The Balaban J connectivity index is 1.34. The van der Waals surface area contributed by atoms with Crippen molar-refractivity contribution in [3.05, 3.63) is 46.4 Å². The predicted octanol–water partition coefficient (Wildman–Crippen LogP) is 2.38. The molecule has 8 nitrogen and oxygen atoms in total. The van der Waals surface area contributed by atoms with Crippen LogP contribution in [0.5, 0.6) is 0 Å². The third kappa shape index (κ3) is 3.92. The van der Waals surface area contributed by atoms with Gasteiger partial charge in [0.25, 0.3) is 0 Å². The van der Waals surface area contributed by atoms with Crippen molar-refractivity contribution >= 4 is 33.3 Å². The van der Waals surface area contributed by atoms with E-state index in [1.807, 2.05) is 43.3 Å². The first-order valence-electron chi connectivity index (χ1n) is 8.96. The van der Waals surface area contributed by atoms with Gasteiger partial charge in [0.05, 0.1) is 6.04 Å². The molecule has 1 saturated heterocycles. The minimum atomic E-state index is -0.00693. The summed E-state index contributed by atoms with van der Waals surface area (Å²) >= 11 is 3.43. The number of rotatable bonds is 4. The van der Waals surface area contributed by atoms with Gasteiger partial charge in [0, 0.05) is 23.5 Å². The van der Waals surface area contributed by atoms with Crippen LogP contribution in [-0.2, 0) is 4.79 Å². The Bertz CT molecular complexity index is 934. The topological polar surface area (TPSA) is 88.3 Å². The number of amides is 1. The lowest BCUT2D eigenvalue weighted by atomic mass is 9.95. The van der Waals surface area contributed by atoms with E-state index in [0.717, 1.165) is 41.8 Å². The number of tetrazole rings is 1. The van der Waals surface area contributed by atoms with E-state index in [9.17, 15) is 4.79 Å². The molecule has 9 heteroatoms. The SMILES string of the molecule is C[C@H](NC(=O)C1CCN(c2ccc3nnnn3n2)CC1)c1ccc(Br)cc1. The van der Waals surface area contributed by atoms with Gasteiger partial charge in [0.1, 0.15) is 0 Å². The number of piperidine rings is 1. The van der Waals surface area contributed by atoms with Crippen molar-refractivity contribution in [1.29, 1.82) is 0 Å². The Hall–Kier alpha value is -2.55. The average Bonchev–Trinajstić information content (AvgIpc) is 3.16. The summed E-state index contributed by atoms with van der Waals surface area (Å²) in [6, 6.07) is 11.8. The second kappa shape index (κ2) is 7.59. The maximum absolute atomic E-state index is 12.6. The summed E-state index contributed by atoms with van der Waals surface area (Å²) in [5.74, 6) is 0.974. The van der Waals surface area contributed by atoms with E-state index in [1.165, 1.54) is 4.63 Å². The number of carbonyl (C=O) groups excluding carboxylic acids is 1. The average molecular weight is 430 g/mol. The Labute approximate surface area is 165 Å². The zero-order valence-corrected chi connectivity index (χ0v) is 16.5. The van der Waals surface area contributed by atoms with Crippen LogP contribution in [0, 0.1) is 5.92 Å². The normalized spacial score (nSPS) is 16.4. The third-order valence-electron chi connectivity index (χ3n) is 4.97. The number of anilines is 1. The van der Waals surface area contributed by atoms with E-state index in [1.54, 1.807) is 0 Å². The highest BCUT2D eigenvalue weighted by molar-refractivity contribution is 9.10. The van der Waals surface area contributed by atoms with Crippen LogP contribution in [0.15, 0.2) is 40.9 Å². The molecule has 4 rings (SSSR count). The van der Waals surface area contributed by atoms with Crippen molar-refractivity contribution in [3.8, 4) is 0 Å². The molecular formula is C18H20BrN7O. The first-order valence-corrected chi connectivity index (χ1v) is 9.75. The molecule has 1 aromatic carbocycles. The molecule has 1 aliphatic rings. The molecule has 0 radical (unpaired) electrons. The summed E-state index contributed by atoms with van der Waals surface area (Å²) in [6.45, 7) is 3.58. The van der Waals surface area contributed by atoms with Crippen molar-refractivity contribution in [2.24, 2.45) is 5.92 Å². The third-order valence-corrected chi connectivity index (χ3v) is 5.50. The standard InChI is InChI=1S/C18H20BrN7O/c1-12(13-2-4-15(19)5-3-13)20-18(27)14-8-10-25(11-9-14)17-7-6-16-21-23-24-26(16)22-17/h2-7,12,14H,8-11H2,1H3,(H,20,27)/t12-/m0/s1. The summed E-state index contributed by atoms with van der Waals surface area (Å²) in [6.07, 6.45) is 1.60. The van der Waals surface area contributed by atoms with E-state index in [-0.39, 0.29) is 17.9 Å². The molecule has 0 aliphatic carbocycles. The number of fused-ring (bicyclic) bond motifs is 1. The summed E-state index contributed by atoms with van der Waals surface area (Å²) in [5, 5.41) is 18.9. The number of carbonyl (C=O) groups is 1. The van der Waals surface area contributed by atoms with Gasteiger partial charge >= 0.3 is 0 Å². The van der Waals surface area contributed by atoms with Gasteiger partial charge in [0.15, 0.2) is 11.5 Å². The maximum Gasteiger partial charge on any atom is 0.223 e. The van der Waals surface area contributed by atoms with Gasteiger partial charge in [-0.3, -0.25) is 4.79 Å². The second-order valence-corrected chi connectivity index (χ2v) is 7.68. The molecule has 0 spiro atoms. The molecule has 0 unspecified atom stereocenters. The number of hydrogen-bond donors (Lipinski definition) is 1. The molecule has 0 saturated carbocycles. The van der Waals surface area contributed by atoms with Crippen LogP contribution in [0.25, 0.3) is 5.65 Å². The van der Waals surface area contributed by atoms with Crippen LogP contribution in [0.1, 0.15) is 31.4 Å². The fourth-order valence-electron chi connectivity index (χ4n) is 3.35. The van der Waals surface area contributed by atoms with Gasteiger partial charge in [-0.2, -0.15) is 0 Å². The fourth-order valence-corrected chi connectivity index (χ4v) is 3.61. The van der Waals surface area contributed by atoms with Gasteiger partial charge in [-0.1, -0.05) is 28.1 Å². The molecule has 1 N–H and O–H groups in total. The van der Waals surface area contributed by atoms with Gasteiger partial charge in [-0.05, 0) is 60.0 Å². The lowest BCUT2D eigenvalue weighted by molar-refractivity contribution is -0.126. The van der Waals surface area contributed by atoms with Gasteiger partial charge in [-0.15, -0.1) is 14.8 Å². The molecule has 3 heterocycles. The molecule has 2 aromatic heterocycles. The van der Waals surface area contributed by atoms with E-state index in [4.69, 9.17) is 0 Å². The largest absolute Gasteiger partial charge is 0.355 e. The molecular weight excluding hydrogens is 410 g/mol. The van der Waals surface area contributed by atoms with Crippen molar-refractivity contribution in [2.75, 3.05) is 18.0 Å². The Kier molecular flexibility index (Phi) is 5.02. The fraction of sp³-hybridized carbons (Fsp3) is 0.389. The van der Waals surface area contributed by atoms with Gasteiger partial charge < -0.3 is 10.2 Å². The van der Waals surface area contributed by atoms with E-state index < -0.39 is 0 Å². The Morgan fingerprint density at radius 3 is 2.67 bits per heavy atom. The van der Waals surface area contributed by atoms with E-state index in [2.05, 4.69) is 46.8 Å². The quantitative estimate of drug-likeness (QED) is 0.684. The lowest BCUT2D eigenvalue weighted by Crippen LogP contribution is -2.41. The Morgan fingerprint density at radius 2 is 1.93 bits per heavy atom. The number of aromatic nitrogens is 5. The molecule has 140 valence electrons. The second-order valence-electron chi connectivity index (χ2n) is 6.76. The van der Waals surface area contributed by atoms with Crippen molar-refractivity contribution in [1.82, 2.24) is 30.6 Å². The van der Waals surface area contributed by atoms with Crippen LogP contribution in [0.4, 0.5) is 5.82 Å². The number of halogens is 1. The van der Waals surface area contributed by atoms with Gasteiger partial charge in [0.2, 0.25) is 5.91 Å². The number of nitrogens with one attached hydrogen (secondary N) is 1. The van der Waals surface area contributed by atoms with Crippen LogP contribution in [0.3, 0.4) is 0 Å². The maximum atomic E-state index is 12.6. The highest BCUT2D eigenvalue weighted by atomic mass is 79.9. The summed E-state index contributed by atoms with van der Waals surface area (Å²) in [7, 11) is 0. The predicted molar refractivity (Wildman–Crippen MR) is 104 cm³/mol. The zero-order valence-electron chi connectivity index (χ0n) is 14.9. The molecule has 1 amide bonds. The molecule has 1 aliphatic heterocycles. The van der Waals surface area contributed by atoms with Crippen LogP contribution in [-0.4, -0.2) is 44.3 Å². The van der Waals surface area contributed by atoms with Crippen molar-refractivity contribution in [2.45, 2.75) is 25.8 Å². The first-order chi connectivity index (χ1) is 13.1. The monoisotopic (exact) mass is 429 g/mol. The van der Waals surface area contributed by atoms with Crippen LogP contribution < -0.4 is 10.2 Å². The summed E-state index contributed by atoms with van der Waals surface area (Å²) in [5.41, 5.74) is 1.72. The number of hydrogen-bond acceptors (Lipinski definition) is 6. The smallest absolute Gasteiger partial charge is 0.223 e. The van der Waals surface area contributed by atoms with Crippen molar-refractivity contribution in [3.63, 3.8) is 0 Å². The molecule has 1 atom stereocenters. The molecule has 0 bridgehead atoms. The number of nitrogens with zero attached hydrogens (tertiary/aromatic N) is 6. The van der Waals surface area contributed by atoms with Crippen LogP contribution in [0.2, 0.25) is 0 Å². The van der Waals surface area contributed by atoms with Crippen molar-refractivity contribution < 1.29 is 4.79 Å². The number of benzene rings is 1. The highest BCUT2D eigenvalue weighted by Crippen LogP contribution is 2.23. The first kappa shape index (κ1) is 17.8. The summed E-state index contributed by atoms with van der Waals surface area (Å²) in [4.78, 5) is 14.8. The molecule has 3 aromatic rings. The minimum Gasteiger partial charge on any atom is -0.355 e. The van der Waals surface area contributed by atoms with E-state index in [0.29, 0.717) is 5.65 Å². The van der Waals surface area contributed by atoms with Crippen LogP contribution >= 0.6 is 15.9 Å². The zero-order chi connectivity index (χ0) is 18.8. The Morgan fingerprint density at radius 1 is 1.19 bits per heavy atom. The summed E-state index contributed by atoms with van der Waals surface area (Å²) < 4.78 is 2.46. The van der Waals surface area contributed by atoms with Gasteiger partial charge in [-0.25, -0.2) is 0 Å². The molecule has 1 fully saturated rings.